The van der Waals surface area contributed by atoms with Crippen LogP contribution in [-0.4, -0.2) is 19.5 Å². The smallest absolute Gasteiger partial charge is 0.164 e. The zero-order chi connectivity index (χ0) is 33.5. The van der Waals surface area contributed by atoms with Gasteiger partial charge in [0.15, 0.2) is 17.5 Å². The molecule has 0 radical (unpaired) electrons. The minimum atomic E-state index is 0.636. The lowest BCUT2D eigenvalue weighted by atomic mass is 10.0. The molecule has 4 nitrogen and oxygen atoms in total. The minimum absolute atomic E-state index is 0.636. The van der Waals surface area contributed by atoms with E-state index in [0.29, 0.717) is 17.5 Å². The Kier molecular flexibility index (Phi) is 5.92. The van der Waals surface area contributed by atoms with Crippen LogP contribution >= 0.6 is 0 Å². The first-order valence-electron chi connectivity index (χ1n) is 17.3. The summed E-state index contributed by atoms with van der Waals surface area (Å²) < 4.78 is 2.33. The number of hydrogen-bond donors (Lipinski definition) is 0. The maximum atomic E-state index is 5.20. The Balaban J connectivity index is 1.11. The van der Waals surface area contributed by atoms with E-state index in [-0.39, 0.29) is 0 Å². The zero-order valence-electron chi connectivity index (χ0n) is 27.5. The summed E-state index contributed by atoms with van der Waals surface area (Å²) in [5.74, 6) is 1.93. The third-order valence-corrected chi connectivity index (χ3v) is 10.3. The number of para-hydroxylation sites is 2. The molecular weight excluding hydrogens is 621 g/mol. The molecule has 0 unspecified atom stereocenters. The minimum Gasteiger partial charge on any atom is -0.309 e. The molecule has 0 saturated carbocycles. The van der Waals surface area contributed by atoms with Crippen molar-refractivity contribution in [3.63, 3.8) is 0 Å². The van der Waals surface area contributed by atoms with Crippen molar-refractivity contribution in [2.45, 2.75) is 0 Å². The van der Waals surface area contributed by atoms with E-state index in [9.17, 15) is 0 Å². The van der Waals surface area contributed by atoms with Gasteiger partial charge in [0.05, 0.1) is 11.0 Å². The summed E-state index contributed by atoms with van der Waals surface area (Å²) in [5.41, 5.74) is 11.2. The highest BCUT2D eigenvalue weighted by molar-refractivity contribution is 6.15. The van der Waals surface area contributed by atoms with Gasteiger partial charge in [-0.25, -0.2) is 15.0 Å². The molecule has 2 heterocycles. The second-order valence-corrected chi connectivity index (χ2v) is 13.3. The number of nitrogens with zero attached hydrogens (tertiary/aromatic N) is 4. The summed E-state index contributed by atoms with van der Waals surface area (Å²) in [7, 11) is 0. The van der Waals surface area contributed by atoms with Crippen molar-refractivity contribution in [1.29, 1.82) is 0 Å². The highest BCUT2D eigenvalue weighted by Crippen LogP contribution is 2.48. The van der Waals surface area contributed by atoms with Crippen LogP contribution in [0.4, 0.5) is 0 Å². The van der Waals surface area contributed by atoms with Gasteiger partial charge in [-0.15, -0.1) is 0 Å². The van der Waals surface area contributed by atoms with Crippen molar-refractivity contribution in [1.82, 2.24) is 19.5 Å². The van der Waals surface area contributed by atoms with Crippen LogP contribution in [0.5, 0.6) is 0 Å². The topological polar surface area (TPSA) is 43.6 Å². The van der Waals surface area contributed by atoms with Crippen LogP contribution in [0.2, 0.25) is 0 Å². The van der Waals surface area contributed by atoms with Gasteiger partial charge in [-0.3, -0.25) is 0 Å². The fraction of sp³-hybridized carbons (Fsp3) is 0. The summed E-state index contributed by atoms with van der Waals surface area (Å²) in [4.78, 5) is 15.5. The van der Waals surface area contributed by atoms with Crippen LogP contribution in [-0.2, 0) is 0 Å². The number of fused-ring (bicyclic) bond motifs is 7. The van der Waals surface area contributed by atoms with Gasteiger partial charge in [-0.2, -0.15) is 0 Å². The molecule has 0 N–H and O–H groups in total. The second kappa shape index (κ2) is 10.8. The number of rotatable bonds is 4. The molecule has 0 atom stereocenters. The number of aromatic nitrogens is 4. The molecule has 0 saturated heterocycles. The van der Waals surface area contributed by atoms with Crippen LogP contribution < -0.4 is 0 Å². The third-order valence-electron chi connectivity index (χ3n) is 10.3. The van der Waals surface area contributed by atoms with Crippen LogP contribution in [0.15, 0.2) is 170 Å². The molecule has 1 aliphatic rings. The average molecular weight is 649 g/mol. The Morgan fingerprint density at radius 1 is 0.333 bits per heavy atom. The lowest BCUT2D eigenvalue weighted by molar-refractivity contribution is 1.07. The Hall–Kier alpha value is -6.91. The first-order valence-corrected chi connectivity index (χ1v) is 17.3. The van der Waals surface area contributed by atoms with E-state index in [4.69, 9.17) is 15.0 Å². The Labute approximate surface area is 294 Å². The molecule has 10 aromatic rings. The van der Waals surface area contributed by atoms with Crippen molar-refractivity contribution in [3.8, 4) is 62.1 Å². The fourth-order valence-electron chi connectivity index (χ4n) is 8.01. The molecule has 1 aliphatic carbocycles. The van der Waals surface area contributed by atoms with E-state index in [1.165, 1.54) is 49.2 Å². The van der Waals surface area contributed by atoms with Gasteiger partial charge in [0, 0.05) is 33.2 Å². The molecule has 2 aromatic heterocycles. The second-order valence-electron chi connectivity index (χ2n) is 13.3. The SMILES string of the molecule is c1cc(-c2nc(-c3ccc4c(c3)-c3cccc5cccc-4c35)nc(-c3ccc4ccccc4c3)n2)cc(-n2c3ccccc3c3ccccc32)c1. The normalized spacial score (nSPS) is 11.9. The van der Waals surface area contributed by atoms with Crippen LogP contribution in [0.25, 0.3) is 105 Å². The molecule has 0 fully saturated rings. The van der Waals surface area contributed by atoms with Crippen LogP contribution in [0, 0.1) is 0 Å². The van der Waals surface area contributed by atoms with E-state index in [0.717, 1.165) is 38.8 Å². The molecule has 51 heavy (non-hydrogen) atoms. The van der Waals surface area contributed by atoms with Gasteiger partial charge in [0.25, 0.3) is 0 Å². The Morgan fingerprint density at radius 2 is 0.882 bits per heavy atom. The van der Waals surface area contributed by atoms with E-state index in [2.05, 4.69) is 174 Å². The van der Waals surface area contributed by atoms with E-state index in [1.54, 1.807) is 0 Å². The molecule has 11 rings (SSSR count). The van der Waals surface area contributed by atoms with Crippen LogP contribution in [0.1, 0.15) is 0 Å². The van der Waals surface area contributed by atoms with Crippen molar-refractivity contribution in [2.75, 3.05) is 0 Å². The van der Waals surface area contributed by atoms with Crippen molar-refractivity contribution in [3.05, 3.63) is 170 Å². The van der Waals surface area contributed by atoms with E-state index >= 15 is 0 Å². The van der Waals surface area contributed by atoms with E-state index in [1.807, 2.05) is 0 Å². The lowest BCUT2D eigenvalue weighted by Gasteiger charge is -2.12. The predicted molar refractivity (Wildman–Crippen MR) is 210 cm³/mol. The highest BCUT2D eigenvalue weighted by Gasteiger charge is 2.23. The Morgan fingerprint density at radius 3 is 1.61 bits per heavy atom. The third kappa shape index (κ3) is 4.30. The summed E-state index contributed by atoms with van der Waals surface area (Å²) in [6.07, 6.45) is 0. The zero-order valence-corrected chi connectivity index (χ0v) is 27.5. The molecule has 0 aliphatic heterocycles. The van der Waals surface area contributed by atoms with Gasteiger partial charge in [0.1, 0.15) is 0 Å². The monoisotopic (exact) mass is 648 g/mol. The first kappa shape index (κ1) is 28.0. The van der Waals surface area contributed by atoms with Gasteiger partial charge < -0.3 is 4.57 Å². The van der Waals surface area contributed by atoms with Gasteiger partial charge in [-0.05, 0) is 80.2 Å². The van der Waals surface area contributed by atoms with Crippen molar-refractivity contribution >= 4 is 43.4 Å². The predicted octanol–water partition coefficient (Wildman–Crippen LogP) is 11.9. The largest absolute Gasteiger partial charge is 0.309 e. The lowest BCUT2D eigenvalue weighted by Crippen LogP contribution is -2.01. The summed E-state index contributed by atoms with van der Waals surface area (Å²) in [5, 5.41) is 7.36. The average Bonchev–Trinajstić information content (AvgIpc) is 3.71. The standard InChI is InChI=1S/C47H28N4/c1-2-11-31-26-33(23-22-29(31)10-1)46-48-45(32-14-7-15-35(27-32)51-42-20-5-3-16-37(42)38-17-4-6-21-43(38)51)49-47(50-46)34-24-25-36-39-18-8-12-30-13-9-19-40(44(30)39)41(36)28-34/h1-28H. The summed E-state index contributed by atoms with van der Waals surface area (Å²) >= 11 is 0. The maximum absolute atomic E-state index is 5.20. The van der Waals surface area contributed by atoms with Crippen molar-refractivity contribution < 1.29 is 0 Å². The van der Waals surface area contributed by atoms with Gasteiger partial charge in [-0.1, -0.05) is 133 Å². The Bertz CT molecular complexity index is 2990. The number of benzene rings is 8. The summed E-state index contributed by atoms with van der Waals surface area (Å²) in [6.45, 7) is 0. The molecule has 0 spiro atoms. The highest BCUT2D eigenvalue weighted by atomic mass is 15.0. The molecular formula is C47H28N4. The number of hydrogen-bond acceptors (Lipinski definition) is 3. The molecule has 8 aromatic carbocycles. The van der Waals surface area contributed by atoms with Crippen molar-refractivity contribution in [2.24, 2.45) is 0 Å². The summed E-state index contributed by atoms with van der Waals surface area (Å²) in [6, 6.07) is 60.3. The quantitative estimate of drug-likeness (QED) is 0.191. The molecule has 4 heteroatoms. The molecule has 236 valence electrons. The maximum Gasteiger partial charge on any atom is 0.164 e. The first-order chi connectivity index (χ1) is 25.3. The van der Waals surface area contributed by atoms with Crippen LogP contribution in [0.3, 0.4) is 0 Å². The fourth-order valence-corrected chi connectivity index (χ4v) is 8.01. The van der Waals surface area contributed by atoms with Gasteiger partial charge in [0.2, 0.25) is 0 Å². The molecule has 0 bridgehead atoms. The van der Waals surface area contributed by atoms with Gasteiger partial charge >= 0.3 is 0 Å². The van der Waals surface area contributed by atoms with E-state index < -0.39 is 0 Å². The molecule has 0 amide bonds.